The van der Waals surface area contributed by atoms with Crippen molar-refractivity contribution in [1.82, 2.24) is 4.90 Å². The Hall–Kier alpha value is -2.68. The third-order valence-corrected chi connectivity index (χ3v) is 7.27. The van der Waals surface area contributed by atoms with Crippen LogP contribution in [0.1, 0.15) is 37.0 Å². The molecule has 3 rings (SSSR count). The number of nitrogens with zero attached hydrogens (tertiary/aromatic N) is 1. The summed E-state index contributed by atoms with van der Waals surface area (Å²) in [5.74, 6) is -1.36. The van der Waals surface area contributed by atoms with Gasteiger partial charge < -0.3 is 9.52 Å². The number of carboxylic acids is 1. The number of hydrogen-bond donors (Lipinski definition) is 2. The fraction of sp³-hybridized carbons (Fsp3) is 0.286. The third-order valence-electron chi connectivity index (χ3n) is 4.92. The van der Waals surface area contributed by atoms with E-state index in [0.29, 0.717) is 42.3 Å². The average molecular weight is 549 g/mol. The Morgan fingerprint density at radius 3 is 2.54 bits per heavy atom. The highest BCUT2D eigenvalue weighted by Crippen LogP contribution is 2.37. The number of unbranched alkanes of at least 4 members (excludes halogenated alkanes) is 2. The van der Waals surface area contributed by atoms with E-state index >= 15 is 0 Å². The van der Waals surface area contributed by atoms with E-state index in [1.807, 2.05) is 0 Å². The summed E-state index contributed by atoms with van der Waals surface area (Å²) in [5, 5.41) is 13.8. The molecule has 0 aliphatic carbocycles. The van der Waals surface area contributed by atoms with Crippen molar-refractivity contribution in [3.8, 4) is 11.3 Å². The molecule has 0 radical (unpaired) electrons. The zero-order valence-electron chi connectivity index (χ0n) is 17.9. The summed E-state index contributed by atoms with van der Waals surface area (Å²) in [4.78, 5) is 24.3. The fourth-order valence-electron chi connectivity index (χ4n) is 3.27. The van der Waals surface area contributed by atoms with Gasteiger partial charge in [-0.2, -0.15) is 13.2 Å². The van der Waals surface area contributed by atoms with Crippen molar-refractivity contribution in [3.05, 3.63) is 46.6 Å². The molecule has 1 aromatic carbocycles. The minimum Gasteiger partial charge on any atom is -0.481 e. The normalized spacial score (nSPS) is 15.9. The van der Waals surface area contributed by atoms with Crippen LogP contribution in [0, 0.1) is 0 Å². The minimum atomic E-state index is -4.72. The first-order valence-electron chi connectivity index (χ1n) is 10.1. The van der Waals surface area contributed by atoms with Crippen molar-refractivity contribution >= 4 is 56.3 Å². The summed E-state index contributed by atoms with van der Waals surface area (Å²) in [7, 11) is -4.36. The Kier molecular flexibility index (Phi) is 8.09. The molecule has 1 aliphatic rings. The average Bonchev–Trinajstić information content (AvgIpc) is 3.31. The first-order chi connectivity index (χ1) is 16.3. The highest BCUT2D eigenvalue weighted by Gasteiger charge is 2.33. The summed E-state index contributed by atoms with van der Waals surface area (Å²) in [5.41, 5.74) is -1.45. The van der Waals surface area contributed by atoms with Crippen LogP contribution in [0.25, 0.3) is 17.4 Å². The van der Waals surface area contributed by atoms with Crippen LogP contribution in [-0.4, -0.2) is 41.2 Å². The van der Waals surface area contributed by atoms with Crippen LogP contribution in [0.4, 0.5) is 13.2 Å². The molecule has 2 heterocycles. The maximum absolute atomic E-state index is 13.2. The van der Waals surface area contributed by atoms with Crippen LogP contribution in [0.3, 0.4) is 0 Å². The van der Waals surface area contributed by atoms with Gasteiger partial charge in [0.25, 0.3) is 5.91 Å². The number of hydrogen-bond acceptors (Lipinski definition) is 7. The number of aliphatic carboxylic acids is 1. The minimum absolute atomic E-state index is 0.0399. The second-order valence-corrected chi connectivity index (χ2v) is 10.7. The predicted molar refractivity (Wildman–Crippen MR) is 127 cm³/mol. The number of thioether (sulfide) groups is 1. The summed E-state index contributed by atoms with van der Waals surface area (Å²) >= 11 is 6.25. The number of benzene rings is 1. The molecule has 0 unspecified atom stereocenters. The molecule has 8 nitrogen and oxygen atoms in total. The molecule has 1 fully saturated rings. The molecule has 35 heavy (non-hydrogen) atoms. The molecule has 2 aromatic rings. The zero-order chi connectivity index (χ0) is 26.0. The van der Waals surface area contributed by atoms with E-state index < -0.39 is 32.6 Å². The lowest BCUT2D eigenvalue weighted by atomic mass is 10.1. The molecule has 0 saturated carbocycles. The van der Waals surface area contributed by atoms with Gasteiger partial charge >= 0.3 is 12.1 Å². The molecule has 3 N–H and O–H groups in total. The number of carboxylic acid groups (broad SMARTS) is 1. The van der Waals surface area contributed by atoms with E-state index in [1.54, 1.807) is 0 Å². The molecule has 1 aliphatic heterocycles. The van der Waals surface area contributed by atoms with E-state index in [4.69, 9.17) is 26.9 Å². The lowest BCUT2D eigenvalue weighted by molar-refractivity contribution is -0.138. The Labute approximate surface area is 208 Å². The lowest BCUT2D eigenvalue weighted by Gasteiger charge is -2.13. The van der Waals surface area contributed by atoms with Crippen molar-refractivity contribution in [1.29, 1.82) is 0 Å². The third kappa shape index (κ3) is 6.72. The lowest BCUT2D eigenvalue weighted by Crippen LogP contribution is -2.29. The second-order valence-electron chi connectivity index (χ2n) is 7.49. The number of primary sulfonamides is 1. The van der Waals surface area contributed by atoms with Gasteiger partial charge in [0.15, 0.2) is 0 Å². The molecule has 1 amide bonds. The topological polar surface area (TPSA) is 131 Å². The molecule has 0 bridgehead atoms. The van der Waals surface area contributed by atoms with Gasteiger partial charge in [0, 0.05) is 24.6 Å². The number of rotatable bonds is 9. The second kappa shape index (κ2) is 10.5. The van der Waals surface area contributed by atoms with Gasteiger partial charge in [0.1, 0.15) is 15.8 Å². The SMILES string of the molecule is NS(=O)(=O)c1ccc(C(F)(F)F)cc1-c1ccc(/C=C2\SC(=S)N(CCCCCC(=O)O)C2=O)o1. The summed E-state index contributed by atoms with van der Waals surface area (Å²) < 4.78 is 69.1. The van der Waals surface area contributed by atoms with Crippen LogP contribution >= 0.6 is 24.0 Å². The first-order valence-corrected chi connectivity index (χ1v) is 12.9. The Bertz CT molecular complexity index is 1300. The number of furan rings is 1. The standard InChI is InChI=1S/C21H19F3N2O6S3/c22-21(23,24)12-5-8-17(35(25,30)31)14(10-12)15-7-6-13(32-15)11-16-19(29)26(20(33)34-16)9-3-1-2-4-18(27)28/h5-8,10-11H,1-4,9H2,(H,27,28)(H2,25,30,31)/b16-11-. The van der Waals surface area contributed by atoms with Crippen molar-refractivity contribution in [2.24, 2.45) is 5.14 Å². The van der Waals surface area contributed by atoms with Crippen molar-refractivity contribution in [2.75, 3.05) is 6.54 Å². The number of carbonyl (C=O) groups is 2. The smallest absolute Gasteiger partial charge is 0.416 e. The number of carbonyl (C=O) groups excluding carboxylic acids is 1. The van der Waals surface area contributed by atoms with Crippen molar-refractivity contribution in [3.63, 3.8) is 0 Å². The summed E-state index contributed by atoms with van der Waals surface area (Å²) in [6.45, 7) is 0.312. The van der Waals surface area contributed by atoms with Gasteiger partial charge in [0.05, 0.1) is 15.4 Å². The van der Waals surface area contributed by atoms with Crippen LogP contribution < -0.4 is 5.14 Å². The fourth-order valence-corrected chi connectivity index (χ4v) is 5.28. The largest absolute Gasteiger partial charge is 0.481 e. The van der Waals surface area contributed by atoms with E-state index in [9.17, 15) is 31.2 Å². The van der Waals surface area contributed by atoms with Crippen LogP contribution in [-0.2, 0) is 25.8 Å². The van der Waals surface area contributed by atoms with Gasteiger partial charge in [-0.1, -0.05) is 30.4 Å². The quantitative estimate of drug-likeness (QED) is 0.267. The monoisotopic (exact) mass is 548 g/mol. The van der Waals surface area contributed by atoms with E-state index in [0.717, 1.165) is 17.8 Å². The van der Waals surface area contributed by atoms with Gasteiger partial charge in [-0.15, -0.1) is 0 Å². The van der Waals surface area contributed by atoms with Gasteiger partial charge in [-0.3, -0.25) is 14.5 Å². The number of nitrogens with two attached hydrogens (primary N) is 1. The predicted octanol–water partition coefficient (Wildman–Crippen LogP) is 4.46. The van der Waals surface area contributed by atoms with E-state index in [1.165, 1.54) is 23.1 Å². The van der Waals surface area contributed by atoms with Gasteiger partial charge in [0.2, 0.25) is 10.0 Å². The summed E-state index contributed by atoms with van der Waals surface area (Å²) in [6, 6.07) is 4.66. The molecular formula is C21H19F3N2O6S3. The first kappa shape index (κ1) is 26.9. The molecule has 1 aromatic heterocycles. The maximum Gasteiger partial charge on any atom is 0.416 e. The van der Waals surface area contributed by atoms with Crippen LogP contribution in [0.5, 0.6) is 0 Å². The van der Waals surface area contributed by atoms with Crippen LogP contribution in [0.2, 0.25) is 0 Å². The molecule has 0 spiro atoms. The number of alkyl halides is 3. The van der Waals surface area contributed by atoms with E-state index in [2.05, 4.69) is 0 Å². The van der Waals surface area contributed by atoms with Crippen molar-refractivity contribution in [2.45, 2.75) is 36.8 Å². The Morgan fingerprint density at radius 2 is 1.91 bits per heavy atom. The van der Waals surface area contributed by atoms with Gasteiger partial charge in [-0.05, 0) is 43.2 Å². The number of halogens is 3. The molecule has 188 valence electrons. The molecular weight excluding hydrogens is 529 g/mol. The Morgan fingerprint density at radius 1 is 1.20 bits per heavy atom. The van der Waals surface area contributed by atoms with E-state index in [-0.39, 0.29) is 34.3 Å². The highest BCUT2D eigenvalue weighted by atomic mass is 32.2. The Balaban J connectivity index is 1.82. The number of thiocarbonyl (C=S) groups is 1. The zero-order valence-corrected chi connectivity index (χ0v) is 20.3. The maximum atomic E-state index is 13.2. The van der Waals surface area contributed by atoms with Crippen LogP contribution in [0.15, 0.2) is 44.5 Å². The number of sulfonamides is 1. The molecule has 14 heteroatoms. The van der Waals surface area contributed by atoms with Gasteiger partial charge in [-0.25, -0.2) is 13.6 Å². The number of amides is 1. The highest BCUT2D eigenvalue weighted by molar-refractivity contribution is 8.26. The van der Waals surface area contributed by atoms with Crippen molar-refractivity contribution < 1.29 is 40.7 Å². The molecule has 0 atom stereocenters. The summed E-state index contributed by atoms with van der Waals surface area (Å²) in [6.07, 6.45) is -1.68. The molecule has 1 saturated heterocycles.